The lowest BCUT2D eigenvalue weighted by Gasteiger charge is -2.39. The Morgan fingerprint density at radius 1 is 1.33 bits per heavy atom. The second-order valence-corrected chi connectivity index (χ2v) is 6.11. The number of aromatic amines is 1. The van der Waals surface area contributed by atoms with Crippen molar-refractivity contribution < 1.29 is 9.18 Å². The first kappa shape index (κ1) is 14.1. The highest BCUT2D eigenvalue weighted by atomic mass is 19.1. The van der Waals surface area contributed by atoms with Crippen LogP contribution in [0.15, 0.2) is 24.4 Å². The molecule has 1 amide bonds. The first-order chi connectivity index (χ1) is 10.1. The van der Waals surface area contributed by atoms with Crippen molar-refractivity contribution in [2.24, 2.45) is 0 Å². The minimum Gasteiger partial charge on any atom is -0.361 e. The van der Waals surface area contributed by atoms with Crippen LogP contribution in [0, 0.1) is 5.82 Å². The molecule has 0 radical (unpaired) electrons. The summed E-state index contributed by atoms with van der Waals surface area (Å²) >= 11 is 0. The monoisotopic (exact) mass is 288 g/mol. The summed E-state index contributed by atoms with van der Waals surface area (Å²) in [5.41, 5.74) is 1.75. The first-order valence-electron chi connectivity index (χ1n) is 7.63. The van der Waals surface area contributed by atoms with Crippen LogP contribution in [0.2, 0.25) is 0 Å². The number of rotatable bonds is 2. The van der Waals surface area contributed by atoms with Gasteiger partial charge in [-0.1, -0.05) is 0 Å². The fourth-order valence-electron chi connectivity index (χ4n) is 3.46. The molecule has 2 aromatic rings. The Bertz CT molecular complexity index is 654. The van der Waals surface area contributed by atoms with E-state index in [1.165, 1.54) is 18.6 Å². The molecule has 1 fully saturated rings. The summed E-state index contributed by atoms with van der Waals surface area (Å²) in [6.45, 7) is 4.23. The predicted octanol–water partition coefficient (Wildman–Crippen LogP) is 3.64. The number of nitrogens with zero attached hydrogens (tertiary/aromatic N) is 1. The zero-order chi connectivity index (χ0) is 15.0. The second kappa shape index (κ2) is 5.51. The van der Waals surface area contributed by atoms with Gasteiger partial charge in [0.05, 0.1) is 6.42 Å². The van der Waals surface area contributed by atoms with Crippen molar-refractivity contribution in [3.8, 4) is 0 Å². The third-order valence-electron chi connectivity index (χ3n) is 4.55. The van der Waals surface area contributed by atoms with Gasteiger partial charge >= 0.3 is 0 Å². The quantitative estimate of drug-likeness (QED) is 0.900. The van der Waals surface area contributed by atoms with E-state index in [0.29, 0.717) is 18.5 Å². The summed E-state index contributed by atoms with van der Waals surface area (Å²) < 4.78 is 13.4. The average Bonchev–Trinajstić information content (AvgIpc) is 2.81. The highest BCUT2D eigenvalue weighted by Gasteiger charge is 2.29. The number of aromatic nitrogens is 1. The lowest BCUT2D eigenvalue weighted by molar-refractivity contribution is -0.136. The van der Waals surface area contributed by atoms with Gasteiger partial charge in [-0.2, -0.15) is 0 Å². The lowest BCUT2D eigenvalue weighted by Crippen LogP contribution is -2.48. The zero-order valence-electron chi connectivity index (χ0n) is 12.5. The number of piperidine rings is 1. The third-order valence-corrected chi connectivity index (χ3v) is 4.55. The van der Waals surface area contributed by atoms with Gasteiger partial charge in [0.15, 0.2) is 0 Å². The van der Waals surface area contributed by atoms with Crippen molar-refractivity contribution in [1.82, 2.24) is 9.88 Å². The molecule has 2 heterocycles. The molecule has 3 nitrogen and oxygen atoms in total. The molecule has 0 aliphatic carbocycles. The van der Waals surface area contributed by atoms with Gasteiger partial charge in [-0.25, -0.2) is 4.39 Å². The van der Waals surface area contributed by atoms with Crippen molar-refractivity contribution in [3.63, 3.8) is 0 Å². The molecule has 21 heavy (non-hydrogen) atoms. The SMILES string of the molecule is CC1CCCC(C)N1C(=O)Cc1c[nH]c2ccc(F)cc12. The van der Waals surface area contributed by atoms with E-state index in [4.69, 9.17) is 0 Å². The summed E-state index contributed by atoms with van der Waals surface area (Å²) in [7, 11) is 0. The molecule has 1 N–H and O–H groups in total. The van der Waals surface area contributed by atoms with E-state index in [1.54, 1.807) is 6.07 Å². The number of nitrogens with one attached hydrogen (secondary N) is 1. The van der Waals surface area contributed by atoms with Crippen LogP contribution in [0.4, 0.5) is 4.39 Å². The van der Waals surface area contributed by atoms with Gasteiger partial charge < -0.3 is 9.88 Å². The number of fused-ring (bicyclic) bond motifs is 1. The molecule has 3 rings (SSSR count). The summed E-state index contributed by atoms with van der Waals surface area (Å²) in [5, 5.41) is 0.806. The standard InChI is InChI=1S/C17H21FN2O/c1-11-4-3-5-12(2)20(11)17(21)8-13-10-19-16-7-6-14(18)9-15(13)16/h6-7,9-12,19H,3-5,8H2,1-2H3. The van der Waals surface area contributed by atoms with Crippen LogP contribution in [-0.4, -0.2) is 27.9 Å². The van der Waals surface area contributed by atoms with Crippen LogP contribution in [0.1, 0.15) is 38.7 Å². The van der Waals surface area contributed by atoms with Crippen LogP contribution >= 0.6 is 0 Å². The number of H-pyrrole nitrogens is 1. The van der Waals surface area contributed by atoms with Crippen LogP contribution in [0.3, 0.4) is 0 Å². The van der Waals surface area contributed by atoms with E-state index < -0.39 is 0 Å². The second-order valence-electron chi connectivity index (χ2n) is 6.11. The molecule has 0 bridgehead atoms. The summed E-state index contributed by atoms with van der Waals surface area (Å²) in [4.78, 5) is 17.7. The maximum atomic E-state index is 13.4. The van der Waals surface area contributed by atoms with Crippen molar-refractivity contribution in [1.29, 1.82) is 0 Å². The Hall–Kier alpha value is -1.84. The van der Waals surface area contributed by atoms with Gasteiger partial charge in [-0.3, -0.25) is 4.79 Å². The Kier molecular flexibility index (Phi) is 3.70. The average molecular weight is 288 g/mol. The molecule has 2 atom stereocenters. The Balaban J connectivity index is 1.84. The molecule has 1 saturated heterocycles. The normalized spacial score (nSPS) is 22.7. The molecule has 4 heteroatoms. The maximum absolute atomic E-state index is 13.4. The maximum Gasteiger partial charge on any atom is 0.227 e. The molecule has 1 aliphatic heterocycles. The molecular weight excluding hydrogens is 267 g/mol. The van der Waals surface area contributed by atoms with Crippen LogP contribution in [-0.2, 0) is 11.2 Å². The number of likely N-dealkylation sites (tertiary alicyclic amines) is 1. The summed E-state index contributed by atoms with van der Waals surface area (Å²) in [5.74, 6) is -0.129. The Morgan fingerprint density at radius 2 is 2.05 bits per heavy atom. The van der Waals surface area contributed by atoms with E-state index >= 15 is 0 Å². The highest BCUT2D eigenvalue weighted by Crippen LogP contribution is 2.25. The Morgan fingerprint density at radius 3 is 2.76 bits per heavy atom. The predicted molar refractivity (Wildman–Crippen MR) is 81.6 cm³/mol. The van der Waals surface area contributed by atoms with Gasteiger partial charge in [0.25, 0.3) is 0 Å². The molecule has 1 aromatic heterocycles. The van der Waals surface area contributed by atoms with Crippen LogP contribution in [0.5, 0.6) is 0 Å². The zero-order valence-corrected chi connectivity index (χ0v) is 12.5. The first-order valence-corrected chi connectivity index (χ1v) is 7.63. The number of hydrogen-bond donors (Lipinski definition) is 1. The molecule has 0 saturated carbocycles. The van der Waals surface area contributed by atoms with Crippen molar-refractivity contribution in [2.45, 2.75) is 51.6 Å². The topological polar surface area (TPSA) is 36.1 Å². The smallest absolute Gasteiger partial charge is 0.227 e. The van der Waals surface area contributed by atoms with E-state index in [2.05, 4.69) is 18.8 Å². The third kappa shape index (κ3) is 2.67. The van der Waals surface area contributed by atoms with Crippen LogP contribution < -0.4 is 0 Å². The van der Waals surface area contributed by atoms with E-state index in [-0.39, 0.29) is 11.7 Å². The van der Waals surface area contributed by atoms with Gasteiger partial charge in [0.1, 0.15) is 5.82 Å². The van der Waals surface area contributed by atoms with E-state index in [1.807, 2.05) is 11.1 Å². The number of hydrogen-bond acceptors (Lipinski definition) is 1. The summed E-state index contributed by atoms with van der Waals surface area (Å²) in [6, 6.07) is 5.23. The number of benzene rings is 1. The molecule has 1 aromatic carbocycles. The highest BCUT2D eigenvalue weighted by molar-refractivity contribution is 5.89. The largest absolute Gasteiger partial charge is 0.361 e. The molecule has 1 aliphatic rings. The van der Waals surface area contributed by atoms with Crippen molar-refractivity contribution in [2.75, 3.05) is 0 Å². The fraction of sp³-hybridized carbons (Fsp3) is 0.471. The van der Waals surface area contributed by atoms with Gasteiger partial charge in [0, 0.05) is 29.2 Å². The molecular formula is C17H21FN2O. The number of carbonyl (C=O) groups is 1. The molecule has 112 valence electrons. The molecule has 0 spiro atoms. The van der Waals surface area contributed by atoms with Crippen LogP contribution in [0.25, 0.3) is 10.9 Å². The van der Waals surface area contributed by atoms with Gasteiger partial charge in [-0.05, 0) is 56.9 Å². The fourth-order valence-corrected chi connectivity index (χ4v) is 3.46. The summed E-state index contributed by atoms with van der Waals surface area (Å²) in [6.07, 6.45) is 5.47. The lowest BCUT2D eigenvalue weighted by atomic mass is 9.96. The molecule has 2 unspecified atom stereocenters. The van der Waals surface area contributed by atoms with E-state index in [9.17, 15) is 9.18 Å². The number of amides is 1. The van der Waals surface area contributed by atoms with Gasteiger partial charge in [0.2, 0.25) is 5.91 Å². The van der Waals surface area contributed by atoms with Crippen molar-refractivity contribution >= 4 is 16.8 Å². The van der Waals surface area contributed by atoms with E-state index in [0.717, 1.165) is 29.3 Å². The Labute approximate surface area is 124 Å². The van der Waals surface area contributed by atoms with Gasteiger partial charge in [-0.15, -0.1) is 0 Å². The number of carbonyl (C=O) groups excluding carboxylic acids is 1. The minimum atomic E-state index is -0.268. The number of halogens is 1. The van der Waals surface area contributed by atoms with Crippen molar-refractivity contribution in [3.05, 3.63) is 35.8 Å². The minimum absolute atomic E-state index is 0.139.